The molecule has 2 atom stereocenters. The van der Waals surface area contributed by atoms with Crippen LogP contribution in [0.3, 0.4) is 0 Å². The normalized spacial score (nSPS) is 22.3. The molecule has 0 spiro atoms. The number of aliphatic hydroxyl groups is 1. The third kappa shape index (κ3) is 3.57. The van der Waals surface area contributed by atoms with Crippen molar-refractivity contribution >= 4 is 40.1 Å². The molecule has 198 valence electrons. The van der Waals surface area contributed by atoms with Gasteiger partial charge in [0.25, 0.3) is 5.91 Å². The van der Waals surface area contributed by atoms with Crippen LogP contribution >= 0.6 is 11.6 Å². The van der Waals surface area contributed by atoms with Crippen LogP contribution in [-0.4, -0.2) is 34.7 Å². The number of primary amides is 1. The summed E-state index contributed by atoms with van der Waals surface area (Å²) in [6, 6.07) is 8.70. The molecule has 2 aliphatic heterocycles. The number of carbonyl (C=O) groups is 2. The third-order valence-corrected chi connectivity index (χ3v) is 7.19. The van der Waals surface area contributed by atoms with Gasteiger partial charge in [-0.2, -0.15) is 13.2 Å². The first-order chi connectivity index (χ1) is 19.2. The summed E-state index contributed by atoms with van der Waals surface area (Å²) < 4.78 is 74.9. The molecule has 3 aromatic carbocycles. The smallest absolute Gasteiger partial charge is 0.375 e. The first-order valence-electron chi connectivity index (χ1n) is 12.4. The molecular weight excluding hydrogens is 540 g/mol. The van der Waals surface area contributed by atoms with Gasteiger partial charge in [-0.15, -0.1) is 0 Å². The number of urea groups is 1. The fourth-order valence-corrected chi connectivity index (χ4v) is 5.46. The molecular formula is C27H17ClF4N4O3. The molecule has 0 radical (unpaired) electrons. The number of β-amino-alcohol motifs (C(OH)–C–C–N with tert-alkyl or cyclic N) is 1. The molecule has 4 aromatic rings. The SMILES string of the molecule is [2H]C1([2H])N(C(N)=O)c2cccc(-c3cc4ncccc4c4c3C(c3cc(F)ccc3Cl)NC4=O)c2C1(O)C(F)(F)F. The maximum atomic E-state index is 14.7. The number of nitrogens with two attached hydrogens (primary N) is 1. The van der Waals surface area contributed by atoms with Gasteiger partial charge >= 0.3 is 12.2 Å². The quantitative estimate of drug-likeness (QED) is 0.295. The molecule has 0 aliphatic carbocycles. The number of pyridine rings is 1. The number of hydrogen-bond acceptors (Lipinski definition) is 4. The van der Waals surface area contributed by atoms with Gasteiger partial charge in [0.1, 0.15) is 5.82 Å². The highest BCUT2D eigenvalue weighted by Crippen LogP contribution is 2.54. The topological polar surface area (TPSA) is 109 Å². The van der Waals surface area contributed by atoms with Crippen molar-refractivity contribution in [1.82, 2.24) is 10.3 Å². The zero-order chi connectivity index (χ0) is 29.6. The molecule has 0 fully saturated rings. The van der Waals surface area contributed by atoms with Gasteiger partial charge in [0.2, 0.25) is 5.60 Å². The lowest BCUT2D eigenvalue weighted by Gasteiger charge is -2.28. The van der Waals surface area contributed by atoms with E-state index in [2.05, 4.69) is 10.3 Å². The van der Waals surface area contributed by atoms with Crippen molar-refractivity contribution in [2.24, 2.45) is 5.73 Å². The number of fused-ring (bicyclic) bond motifs is 4. The fourth-order valence-electron chi connectivity index (χ4n) is 5.24. The van der Waals surface area contributed by atoms with Crippen molar-refractivity contribution < 1.29 is 35.0 Å². The Kier molecular flexibility index (Phi) is 4.89. The largest absolute Gasteiger partial charge is 0.423 e. The average Bonchev–Trinajstić information content (AvgIpc) is 3.34. The minimum absolute atomic E-state index is 0.0249. The highest BCUT2D eigenvalue weighted by Gasteiger charge is 2.62. The van der Waals surface area contributed by atoms with E-state index in [-0.39, 0.29) is 43.3 Å². The van der Waals surface area contributed by atoms with Crippen LogP contribution in [0.25, 0.3) is 22.0 Å². The van der Waals surface area contributed by atoms with Crippen molar-refractivity contribution in [3.05, 3.63) is 93.9 Å². The second kappa shape index (κ2) is 8.39. The fraction of sp³-hybridized carbons (Fsp3) is 0.148. The van der Waals surface area contributed by atoms with Crippen LogP contribution in [0.2, 0.25) is 5.02 Å². The summed E-state index contributed by atoms with van der Waals surface area (Å²) in [4.78, 5) is 29.9. The minimum Gasteiger partial charge on any atom is -0.375 e. The Morgan fingerprint density at radius 1 is 1.21 bits per heavy atom. The molecule has 0 bridgehead atoms. The number of halogens is 5. The lowest BCUT2D eigenvalue weighted by atomic mass is 9.82. The summed E-state index contributed by atoms with van der Waals surface area (Å²) in [6.07, 6.45) is -4.23. The van der Waals surface area contributed by atoms with Crippen LogP contribution in [-0.2, 0) is 5.60 Å². The number of nitrogens with zero attached hydrogens (tertiary/aromatic N) is 2. The highest BCUT2D eigenvalue weighted by molar-refractivity contribution is 6.31. The van der Waals surface area contributed by atoms with Gasteiger partial charge < -0.3 is 16.2 Å². The van der Waals surface area contributed by atoms with Crippen molar-refractivity contribution in [1.29, 1.82) is 0 Å². The van der Waals surface area contributed by atoms with Gasteiger partial charge in [-0.3, -0.25) is 14.7 Å². The van der Waals surface area contributed by atoms with Crippen LogP contribution in [0.5, 0.6) is 0 Å². The van der Waals surface area contributed by atoms with Gasteiger partial charge in [0.05, 0.1) is 32.0 Å². The molecule has 3 amide bonds. The molecule has 6 rings (SSSR count). The summed E-state index contributed by atoms with van der Waals surface area (Å²) in [5.41, 5.74) is -0.528. The molecule has 1 aromatic heterocycles. The van der Waals surface area contributed by atoms with Crippen molar-refractivity contribution in [2.75, 3.05) is 11.4 Å². The first kappa shape index (κ1) is 22.7. The van der Waals surface area contributed by atoms with E-state index in [9.17, 15) is 32.3 Å². The lowest BCUT2D eigenvalue weighted by molar-refractivity contribution is -0.258. The Bertz CT molecular complexity index is 1820. The average molecular weight is 559 g/mol. The van der Waals surface area contributed by atoms with E-state index in [1.54, 1.807) is 12.1 Å². The Hall–Kier alpha value is -4.22. The first-order valence-corrected chi connectivity index (χ1v) is 11.8. The number of alkyl halides is 3. The highest BCUT2D eigenvalue weighted by atomic mass is 35.5. The third-order valence-electron chi connectivity index (χ3n) is 6.85. The van der Waals surface area contributed by atoms with Crippen molar-refractivity contribution in [2.45, 2.75) is 17.8 Å². The number of anilines is 1. The van der Waals surface area contributed by atoms with E-state index >= 15 is 0 Å². The van der Waals surface area contributed by atoms with Gasteiger partial charge in [-0.25, -0.2) is 9.18 Å². The standard InChI is InChI=1S/C27H17ClF4N4O3/c28-17-7-6-12(29)9-16(17)23-20-15(10-18-14(4-2-8-34-18)21(20)24(37)35-23)13-3-1-5-19-22(13)26(39,27(30,31)32)11-36(19)25(33)38/h1-10,23,39H,11H2,(H2,33,38)(H,35,37)/i11D2. The van der Waals surface area contributed by atoms with Crippen molar-refractivity contribution in [3.63, 3.8) is 0 Å². The number of amides is 3. The molecule has 0 saturated carbocycles. The number of rotatable bonds is 2. The van der Waals surface area contributed by atoms with Gasteiger partial charge in [-0.05, 0) is 47.5 Å². The molecule has 4 N–H and O–H groups in total. The second-order valence-electron chi connectivity index (χ2n) is 9.05. The van der Waals surface area contributed by atoms with Crippen LogP contribution in [0.4, 0.5) is 28.0 Å². The molecule has 2 aliphatic rings. The summed E-state index contributed by atoms with van der Waals surface area (Å²) in [6.45, 7) is -3.76. The maximum absolute atomic E-state index is 14.7. The Morgan fingerprint density at radius 3 is 2.69 bits per heavy atom. The van der Waals surface area contributed by atoms with Crippen LogP contribution < -0.4 is 16.0 Å². The van der Waals surface area contributed by atoms with E-state index in [0.717, 1.165) is 18.2 Å². The van der Waals surface area contributed by atoms with E-state index < -0.39 is 53.3 Å². The van der Waals surface area contributed by atoms with Gasteiger partial charge in [-0.1, -0.05) is 29.8 Å². The number of carbonyl (C=O) groups excluding carboxylic acids is 2. The molecule has 0 saturated heterocycles. The number of hydrogen-bond donors (Lipinski definition) is 3. The number of benzene rings is 3. The van der Waals surface area contributed by atoms with E-state index in [1.165, 1.54) is 30.5 Å². The predicted octanol–water partition coefficient (Wildman–Crippen LogP) is 5.18. The molecule has 7 nitrogen and oxygen atoms in total. The second-order valence-corrected chi connectivity index (χ2v) is 9.46. The lowest BCUT2D eigenvalue weighted by Crippen LogP contribution is -2.48. The van der Waals surface area contributed by atoms with Crippen LogP contribution in [0, 0.1) is 5.82 Å². The van der Waals surface area contributed by atoms with Crippen LogP contribution in [0.1, 0.15) is 35.8 Å². The summed E-state index contributed by atoms with van der Waals surface area (Å²) in [7, 11) is 0. The molecule has 12 heteroatoms. The summed E-state index contributed by atoms with van der Waals surface area (Å²) in [5, 5.41) is 14.3. The zero-order valence-corrected chi connectivity index (χ0v) is 20.2. The monoisotopic (exact) mass is 558 g/mol. The molecule has 3 heterocycles. The number of aromatic nitrogens is 1. The van der Waals surface area contributed by atoms with E-state index in [4.69, 9.17) is 20.1 Å². The van der Waals surface area contributed by atoms with Crippen LogP contribution in [0.15, 0.2) is 60.8 Å². The van der Waals surface area contributed by atoms with E-state index in [1.807, 2.05) is 0 Å². The maximum Gasteiger partial charge on any atom is 0.423 e. The van der Waals surface area contributed by atoms with E-state index in [0.29, 0.717) is 5.39 Å². The molecule has 39 heavy (non-hydrogen) atoms. The molecule has 2 unspecified atom stereocenters. The van der Waals surface area contributed by atoms with Gasteiger partial charge in [0, 0.05) is 33.3 Å². The summed E-state index contributed by atoms with van der Waals surface area (Å²) in [5.74, 6) is -1.33. The Balaban J connectivity index is 1.77. The predicted molar refractivity (Wildman–Crippen MR) is 135 cm³/mol. The summed E-state index contributed by atoms with van der Waals surface area (Å²) >= 11 is 6.37. The zero-order valence-electron chi connectivity index (χ0n) is 21.5. The Morgan fingerprint density at radius 2 is 1.97 bits per heavy atom. The Labute approximate surface area is 225 Å². The minimum atomic E-state index is -5.64. The number of nitrogens with one attached hydrogen (secondary N) is 1. The van der Waals surface area contributed by atoms with Crippen molar-refractivity contribution in [3.8, 4) is 11.1 Å². The van der Waals surface area contributed by atoms with Gasteiger partial charge in [0.15, 0.2) is 0 Å².